The Hall–Kier alpha value is -0.980. The number of benzene rings is 1. The largest absolute Gasteiger partial charge is 0.494 e. The molecule has 0 N–H and O–H groups in total. The Bertz CT molecular complexity index is 583. The quantitative estimate of drug-likeness (QED) is 0.261. The second-order valence-corrected chi connectivity index (χ2v) is 11.1. The highest BCUT2D eigenvalue weighted by atomic mass is 16.5. The highest BCUT2D eigenvalue weighted by Gasteiger charge is 2.23. The number of hydrogen-bond acceptors (Lipinski definition) is 1. The van der Waals surface area contributed by atoms with Crippen molar-refractivity contribution >= 4 is 0 Å². The van der Waals surface area contributed by atoms with Crippen LogP contribution in [0.4, 0.5) is 0 Å². The van der Waals surface area contributed by atoms with Gasteiger partial charge in [0.25, 0.3) is 0 Å². The Labute approximate surface area is 200 Å². The molecule has 1 aromatic carbocycles. The number of aryl methyl sites for hydroxylation is 1. The molecule has 0 radical (unpaired) electrons. The standard InChI is InChI=1S/C31H52O/c1-3-5-6-7-11-26-15-17-27(18-16-26)19-20-28-21-23-31(24-22-28)32-25-10-14-30-13-9-8-12-29(30)4-2/h21-24,26-27,29-30H,3-20,25H2,1-2H3. The molecule has 2 unspecified atom stereocenters. The molecule has 3 rings (SSSR count). The summed E-state index contributed by atoms with van der Waals surface area (Å²) < 4.78 is 6.07. The summed E-state index contributed by atoms with van der Waals surface area (Å²) in [6, 6.07) is 9.03. The van der Waals surface area contributed by atoms with Crippen molar-refractivity contribution in [3.8, 4) is 5.75 Å². The summed E-state index contributed by atoms with van der Waals surface area (Å²) in [5.41, 5.74) is 1.49. The second-order valence-electron chi connectivity index (χ2n) is 11.1. The molecular weight excluding hydrogens is 388 g/mol. The van der Waals surface area contributed by atoms with E-state index in [1.807, 2.05) is 0 Å². The van der Waals surface area contributed by atoms with Gasteiger partial charge in [-0.3, -0.25) is 0 Å². The summed E-state index contributed by atoms with van der Waals surface area (Å²) in [6.07, 6.45) is 25.5. The molecule has 32 heavy (non-hydrogen) atoms. The highest BCUT2D eigenvalue weighted by molar-refractivity contribution is 5.27. The zero-order chi connectivity index (χ0) is 22.4. The van der Waals surface area contributed by atoms with E-state index in [-0.39, 0.29) is 0 Å². The second kappa shape index (κ2) is 15.0. The van der Waals surface area contributed by atoms with Crippen LogP contribution in [0.5, 0.6) is 5.75 Å². The minimum Gasteiger partial charge on any atom is -0.494 e. The normalized spacial score (nSPS) is 26.2. The van der Waals surface area contributed by atoms with Crippen molar-refractivity contribution in [2.45, 2.75) is 129 Å². The molecule has 0 aliphatic heterocycles. The fraction of sp³-hybridized carbons (Fsp3) is 0.806. The Morgan fingerprint density at radius 3 is 2.06 bits per heavy atom. The van der Waals surface area contributed by atoms with Crippen LogP contribution in [0, 0.1) is 23.7 Å². The first-order valence-electron chi connectivity index (χ1n) is 14.5. The molecule has 2 aliphatic rings. The molecule has 2 fully saturated rings. The lowest BCUT2D eigenvalue weighted by Crippen LogP contribution is -2.19. The molecule has 1 heteroatoms. The summed E-state index contributed by atoms with van der Waals surface area (Å²) in [5.74, 6) is 4.99. The maximum Gasteiger partial charge on any atom is 0.119 e. The molecule has 2 saturated carbocycles. The van der Waals surface area contributed by atoms with Crippen molar-refractivity contribution < 1.29 is 4.74 Å². The first-order chi connectivity index (χ1) is 15.8. The Balaban J connectivity index is 1.26. The fourth-order valence-electron chi connectivity index (χ4n) is 6.53. The number of ether oxygens (including phenoxy) is 1. The Kier molecular flexibility index (Phi) is 12.0. The zero-order valence-corrected chi connectivity index (χ0v) is 21.5. The van der Waals surface area contributed by atoms with Crippen molar-refractivity contribution in [3.63, 3.8) is 0 Å². The summed E-state index contributed by atoms with van der Waals surface area (Å²) in [5, 5.41) is 0. The predicted molar refractivity (Wildman–Crippen MR) is 139 cm³/mol. The molecule has 1 aromatic rings. The van der Waals surface area contributed by atoms with Crippen molar-refractivity contribution in [1.29, 1.82) is 0 Å². The maximum atomic E-state index is 6.07. The lowest BCUT2D eigenvalue weighted by atomic mass is 9.76. The molecule has 2 atom stereocenters. The van der Waals surface area contributed by atoms with Gasteiger partial charge < -0.3 is 4.74 Å². The smallest absolute Gasteiger partial charge is 0.119 e. The number of hydrogen-bond donors (Lipinski definition) is 0. The minimum atomic E-state index is 0.883. The topological polar surface area (TPSA) is 9.23 Å². The van der Waals surface area contributed by atoms with E-state index in [2.05, 4.69) is 38.1 Å². The van der Waals surface area contributed by atoms with Gasteiger partial charge in [0.1, 0.15) is 5.75 Å². The van der Waals surface area contributed by atoms with Gasteiger partial charge in [-0.15, -0.1) is 0 Å². The van der Waals surface area contributed by atoms with Crippen LogP contribution in [0.25, 0.3) is 0 Å². The van der Waals surface area contributed by atoms with Crippen LogP contribution < -0.4 is 4.74 Å². The summed E-state index contributed by atoms with van der Waals surface area (Å²) >= 11 is 0. The van der Waals surface area contributed by atoms with Gasteiger partial charge in [-0.2, -0.15) is 0 Å². The summed E-state index contributed by atoms with van der Waals surface area (Å²) in [4.78, 5) is 0. The summed E-state index contributed by atoms with van der Waals surface area (Å²) in [6.45, 7) is 5.57. The average molecular weight is 441 g/mol. The van der Waals surface area contributed by atoms with Crippen molar-refractivity contribution in [1.82, 2.24) is 0 Å². The Morgan fingerprint density at radius 1 is 0.688 bits per heavy atom. The van der Waals surface area contributed by atoms with E-state index in [1.54, 1.807) is 0 Å². The van der Waals surface area contributed by atoms with Crippen LogP contribution in [0.3, 0.4) is 0 Å². The van der Waals surface area contributed by atoms with Crippen LogP contribution in [0.1, 0.15) is 129 Å². The van der Waals surface area contributed by atoms with Crippen LogP contribution in [0.15, 0.2) is 24.3 Å². The van der Waals surface area contributed by atoms with Crippen molar-refractivity contribution in [3.05, 3.63) is 29.8 Å². The van der Waals surface area contributed by atoms with Gasteiger partial charge in [0.15, 0.2) is 0 Å². The van der Waals surface area contributed by atoms with Crippen LogP contribution in [-0.2, 0) is 6.42 Å². The van der Waals surface area contributed by atoms with Gasteiger partial charge in [-0.1, -0.05) is 116 Å². The number of unbranched alkanes of at least 4 members (excludes halogenated alkanes) is 3. The number of rotatable bonds is 14. The average Bonchev–Trinajstić information content (AvgIpc) is 2.85. The van der Waals surface area contributed by atoms with E-state index in [0.717, 1.165) is 36.0 Å². The monoisotopic (exact) mass is 440 g/mol. The van der Waals surface area contributed by atoms with Gasteiger partial charge in [0.2, 0.25) is 0 Å². The van der Waals surface area contributed by atoms with Crippen LogP contribution in [-0.4, -0.2) is 6.61 Å². The third-order valence-electron chi connectivity index (χ3n) is 8.78. The van der Waals surface area contributed by atoms with Gasteiger partial charge >= 0.3 is 0 Å². The van der Waals surface area contributed by atoms with E-state index in [9.17, 15) is 0 Å². The van der Waals surface area contributed by atoms with Gasteiger partial charge in [-0.25, -0.2) is 0 Å². The lowest BCUT2D eigenvalue weighted by molar-refractivity contribution is 0.199. The van der Waals surface area contributed by atoms with E-state index in [4.69, 9.17) is 4.74 Å². The molecule has 0 saturated heterocycles. The third kappa shape index (κ3) is 9.11. The molecule has 0 bridgehead atoms. The predicted octanol–water partition coefficient (Wildman–Crippen LogP) is 9.77. The van der Waals surface area contributed by atoms with Crippen molar-refractivity contribution in [2.75, 3.05) is 6.61 Å². The van der Waals surface area contributed by atoms with Gasteiger partial charge in [-0.05, 0) is 67.1 Å². The third-order valence-corrected chi connectivity index (χ3v) is 8.78. The highest BCUT2D eigenvalue weighted by Crippen LogP contribution is 2.36. The summed E-state index contributed by atoms with van der Waals surface area (Å²) in [7, 11) is 0. The van der Waals surface area contributed by atoms with E-state index >= 15 is 0 Å². The molecular formula is C31H52O. The van der Waals surface area contributed by atoms with Crippen molar-refractivity contribution in [2.24, 2.45) is 23.7 Å². The molecule has 0 spiro atoms. The van der Waals surface area contributed by atoms with Crippen LogP contribution in [0.2, 0.25) is 0 Å². The van der Waals surface area contributed by atoms with Gasteiger partial charge in [0, 0.05) is 0 Å². The molecule has 0 aromatic heterocycles. The van der Waals surface area contributed by atoms with E-state index in [0.29, 0.717) is 0 Å². The van der Waals surface area contributed by atoms with Crippen LogP contribution >= 0.6 is 0 Å². The molecule has 0 amide bonds. The zero-order valence-electron chi connectivity index (χ0n) is 21.5. The minimum absolute atomic E-state index is 0.883. The molecule has 0 heterocycles. The molecule has 1 nitrogen and oxygen atoms in total. The fourth-order valence-corrected chi connectivity index (χ4v) is 6.53. The first-order valence-corrected chi connectivity index (χ1v) is 14.5. The Morgan fingerprint density at radius 2 is 1.38 bits per heavy atom. The van der Waals surface area contributed by atoms with E-state index < -0.39 is 0 Å². The molecule has 2 aliphatic carbocycles. The molecule has 182 valence electrons. The van der Waals surface area contributed by atoms with Gasteiger partial charge in [0.05, 0.1) is 6.61 Å². The SMILES string of the molecule is CCCCCCC1CCC(CCc2ccc(OCCCC3CCCCC3CC)cc2)CC1. The van der Waals surface area contributed by atoms with E-state index in [1.165, 1.54) is 121 Å². The maximum absolute atomic E-state index is 6.07. The lowest BCUT2D eigenvalue weighted by Gasteiger charge is -2.30. The first kappa shape index (κ1) is 25.6.